The molecule has 1 aromatic carbocycles. The van der Waals surface area contributed by atoms with Crippen LogP contribution in [0.5, 0.6) is 0 Å². The van der Waals surface area contributed by atoms with Crippen molar-refractivity contribution in [3.05, 3.63) is 62.9 Å². The van der Waals surface area contributed by atoms with E-state index in [-0.39, 0.29) is 5.92 Å². The first kappa shape index (κ1) is 19.1. The molecule has 1 atom stereocenters. The van der Waals surface area contributed by atoms with Gasteiger partial charge in [-0.2, -0.15) is 0 Å². The van der Waals surface area contributed by atoms with E-state index in [1.807, 2.05) is 44.2 Å². The third kappa shape index (κ3) is 4.26. The quantitative estimate of drug-likeness (QED) is 0.831. The average Bonchev–Trinajstić information content (AvgIpc) is 2.55. The van der Waals surface area contributed by atoms with Crippen molar-refractivity contribution >= 4 is 10.0 Å². The largest absolute Gasteiger partial charge is 0.330 e. The lowest BCUT2D eigenvalue weighted by atomic mass is 9.98. The van der Waals surface area contributed by atoms with Gasteiger partial charge in [-0.3, -0.25) is 9.36 Å². The Morgan fingerprint density at radius 3 is 2.24 bits per heavy atom. The molecule has 1 aromatic heterocycles. The predicted octanol–water partition coefficient (Wildman–Crippen LogP) is 1.15. The van der Waals surface area contributed by atoms with Gasteiger partial charge in [-0.1, -0.05) is 44.2 Å². The van der Waals surface area contributed by atoms with Crippen LogP contribution in [0.15, 0.2) is 51.0 Å². The molecule has 2 aromatic rings. The monoisotopic (exact) mass is 365 g/mol. The third-order valence-electron chi connectivity index (χ3n) is 3.91. The van der Waals surface area contributed by atoms with Crippen molar-refractivity contribution in [1.82, 2.24) is 13.9 Å². The summed E-state index contributed by atoms with van der Waals surface area (Å²) in [5.41, 5.74) is -0.598. The molecule has 1 heterocycles. The molecule has 2 rings (SSSR count). The summed E-state index contributed by atoms with van der Waals surface area (Å²) < 4.78 is 30.1. The zero-order valence-electron chi connectivity index (χ0n) is 14.8. The predicted molar refractivity (Wildman–Crippen MR) is 95.9 cm³/mol. The lowest BCUT2D eigenvalue weighted by Crippen LogP contribution is -2.42. The van der Waals surface area contributed by atoms with E-state index in [2.05, 4.69) is 4.72 Å². The summed E-state index contributed by atoms with van der Waals surface area (Å²) in [6.45, 7) is 3.99. The molecule has 0 aliphatic carbocycles. The lowest BCUT2D eigenvalue weighted by Gasteiger charge is -2.21. The molecule has 0 aliphatic rings. The SMILES string of the molecule is CC(C)CC(NS(=O)(=O)c1cn(C)c(=O)n(C)c1=O)c1ccccc1. The Morgan fingerprint density at radius 2 is 1.68 bits per heavy atom. The van der Waals surface area contributed by atoms with Crippen molar-refractivity contribution in [3.8, 4) is 0 Å². The Hall–Kier alpha value is -2.19. The number of aryl methyl sites for hydroxylation is 1. The summed E-state index contributed by atoms with van der Waals surface area (Å²) in [6.07, 6.45) is 1.64. The minimum atomic E-state index is -4.09. The van der Waals surface area contributed by atoms with E-state index in [4.69, 9.17) is 0 Å². The van der Waals surface area contributed by atoms with Crippen molar-refractivity contribution in [2.75, 3.05) is 0 Å². The molecule has 0 radical (unpaired) electrons. The van der Waals surface area contributed by atoms with Crippen LogP contribution in [0.1, 0.15) is 31.9 Å². The Labute approximate surface area is 147 Å². The molecule has 0 saturated heterocycles. The van der Waals surface area contributed by atoms with E-state index in [1.54, 1.807) is 0 Å². The summed E-state index contributed by atoms with van der Waals surface area (Å²) >= 11 is 0. The van der Waals surface area contributed by atoms with Gasteiger partial charge in [0, 0.05) is 26.3 Å². The van der Waals surface area contributed by atoms with Crippen molar-refractivity contribution in [1.29, 1.82) is 0 Å². The summed E-state index contributed by atoms with van der Waals surface area (Å²) in [6, 6.07) is 8.74. The van der Waals surface area contributed by atoms with E-state index >= 15 is 0 Å². The zero-order chi connectivity index (χ0) is 18.8. The molecular formula is C17H23N3O4S. The van der Waals surface area contributed by atoms with E-state index < -0.39 is 32.2 Å². The first-order valence-corrected chi connectivity index (χ1v) is 9.45. The van der Waals surface area contributed by atoms with Gasteiger partial charge < -0.3 is 4.57 Å². The number of benzene rings is 1. The number of nitrogens with one attached hydrogen (secondary N) is 1. The summed E-state index contributed by atoms with van der Waals surface area (Å²) in [5.74, 6) is 0.246. The first-order chi connectivity index (χ1) is 11.6. The van der Waals surface area contributed by atoms with Gasteiger partial charge in [0.1, 0.15) is 0 Å². The topological polar surface area (TPSA) is 90.2 Å². The van der Waals surface area contributed by atoms with Crippen LogP contribution in [0, 0.1) is 5.92 Å². The molecule has 7 nitrogen and oxygen atoms in total. The van der Waals surface area contributed by atoms with Crippen LogP contribution in [-0.4, -0.2) is 17.6 Å². The Morgan fingerprint density at radius 1 is 1.08 bits per heavy atom. The highest BCUT2D eigenvalue weighted by Gasteiger charge is 2.26. The van der Waals surface area contributed by atoms with Gasteiger partial charge in [0.15, 0.2) is 4.90 Å². The van der Waals surface area contributed by atoms with E-state index in [1.165, 1.54) is 14.1 Å². The minimum absolute atomic E-state index is 0.246. The Bertz CT molecular complexity index is 960. The third-order valence-corrected chi connectivity index (χ3v) is 5.36. The number of nitrogens with zero attached hydrogens (tertiary/aromatic N) is 2. The molecule has 0 fully saturated rings. The molecule has 25 heavy (non-hydrogen) atoms. The average molecular weight is 365 g/mol. The molecular weight excluding hydrogens is 342 g/mol. The van der Waals surface area contributed by atoms with Gasteiger partial charge in [0.05, 0.1) is 0 Å². The van der Waals surface area contributed by atoms with Crippen LogP contribution >= 0.6 is 0 Å². The fraction of sp³-hybridized carbons (Fsp3) is 0.412. The Kier molecular flexibility index (Phi) is 5.64. The Balaban J connectivity index is 2.49. The van der Waals surface area contributed by atoms with Crippen LogP contribution in [0.3, 0.4) is 0 Å². The van der Waals surface area contributed by atoms with Crippen molar-refractivity contribution in [3.63, 3.8) is 0 Å². The number of aromatic nitrogens is 2. The number of hydrogen-bond donors (Lipinski definition) is 1. The van der Waals surface area contributed by atoms with Gasteiger partial charge in [-0.05, 0) is 17.9 Å². The van der Waals surface area contributed by atoms with Gasteiger partial charge in [-0.15, -0.1) is 0 Å². The molecule has 0 bridgehead atoms. The van der Waals surface area contributed by atoms with Gasteiger partial charge in [0.2, 0.25) is 10.0 Å². The van der Waals surface area contributed by atoms with Crippen molar-refractivity contribution < 1.29 is 8.42 Å². The molecule has 0 aliphatic heterocycles. The number of hydrogen-bond acceptors (Lipinski definition) is 4. The van der Waals surface area contributed by atoms with E-state index in [0.29, 0.717) is 6.42 Å². The van der Waals surface area contributed by atoms with Crippen LogP contribution < -0.4 is 16.0 Å². The van der Waals surface area contributed by atoms with Crippen LogP contribution in [0.2, 0.25) is 0 Å². The van der Waals surface area contributed by atoms with Crippen LogP contribution in [0.25, 0.3) is 0 Å². The second-order valence-electron chi connectivity index (χ2n) is 6.47. The summed E-state index contributed by atoms with van der Waals surface area (Å²) in [7, 11) is -1.43. The molecule has 0 saturated carbocycles. The second-order valence-corrected chi connectivity index (χ2v) is 8.15. The lowest BCUT2D eigenvalue weighted by molar-refractivity contribution is 0.470. The molecule has 0 spiro atoms. The maximum Gasteiger partial charge on any atom is 0.330 e. The molecule has 8 heteroatoms. The number of rotatable bonds is 6. The molecule has 136 valence electrons. The minimum Gasteiger partial charge on any atom is -0.302 e. The van der Waals surface area contributed by atoms with Gasteiger partial charge >= 0.3 is 5.69 Å². The highest BCUT2D eigenvalue weighted by Crippen LogP contribution is 2.23. The highest BCUT2D eigenvalue weighted by atomic mass is 32.2. The normalized spacial score (nSPS) is 13.2. The maximum atomic E-state index is 12.8. The van der Waals surface area contributed by atoms with Gasteiger partial charge in [0.25, 0.3) is 5.56 Å². The number of sulfonamides is 1. The summed E-state index contributed by atoms with van der Waals surface area (Å²) in [4.78, 5) is 23.6. The van der Waals surface area contributed by atoms with Crippen LogP contribution in [-0.2, 0) is 24.1 Å². The van der Waals surface area contributed by atoms with E-state index in [0.717, 1.165) is 20.9 Å². The summed E-state index contributed by atoms with van der Waals surface area (Å²) in [5, 5.41) is 0. The molecule has 0 amide bonds. The first-order valence-electron chi connectivity index (χ1n) is 7.97. The molecule has 1 unspecified atom stereocenters. The standard InChI is InChI=1S/C17H23N3O4S/c1-12(2)10-14(13-8-6-5-7-9-13)18-25(23,24)15-11-19(3)17(22)20(4)16(15)21/h5-9,11-12,14,18H,10H2,1-4H3. The van der Waals surface area contributed by atoms with Gasteiger partial charge in [-0.25, -0.2) is 17.9 Å². The second kappa shape index (κ2) is 7.37. The van der Waals surface area contributed by atoms with Crippen molar-refractivity contribution in [2.45, 2.75) is 31.2 Å². The van der Waals surface area contributed by atoms with Crippen LogP contribution in [0.4, 0.5) is 0 Å². The fourth-order valence-electron chi connectivity index (χ4n) is 2.62. The fourth-order valence-corrected chi connectivity index (χ4v) is 4.02. The maximum absolute atomic E-state index is 12.8. The smallest absolute Gasteiger partial charge is 0.302 e. The highest BCUT2D eigenvalue weighted by molar-refractivity contribution is 7.89. The van der Waals surface area contributed by atoms with E-state index in [9.17, 15) is 18.0 Å². The van der Waals surface area contributed by atoms with Crippen molar-refractivity contribution in [2.24, 2.45) is 20.0 Å². The zero-order valence-corrected chi connectivity index (χ0v) is 15.6. The molecule has 1 N–H and O–H groups in total.